The second-order valence-electron chi connectivity index (χ2n) is 11.7. The van der Waals surface area contributed by atoms with Crippen molar-refractivity contribution in [1.29, 1.82) is 0 Å². The summed E-state index contributed by atoms with van der Waals surface area (Å²) in [6, 6.07) is 0.492. The quantitative estimate of drug-likeness (QED) is 0.276. The number of hydrogen-bond donors (Lipinski definition) is 2. The van der Waals surface area contributed by atoms with Crippen molar-refractivity contribution >= 4 is 17.5 Å². The summed E-state index contributed by atoms with van der Waals surface area (Å²) in [5, 5.41) is 13.8. The highest BCUT2D eigenvalue weighted by atomic mass is 19.4. The Bertz CT molecular complexity index is 1420. The molecule has 3 aromatic rings. The first kappa shape index (κ1) is 29.9. The lowest BCUT2D eigenvalue weighted by atomic mass is 9.81. The smallest absolute Gasteiger partial charge is 0.360 e. The number of fused-ring (bicyclic) bond motifs is 1. The van der Waals surface area contributed by atoms with Gasteiger partial charge in [-0.15, -0.1) is 0 Å². The van der Waals surface area contributed by atoms with Crippen LogP contribution in [-0.4, -0.2) is 43.7 Å². The zero-order valence-electron chi connectivity index (χ0n) is 23.3. The van der Waals surface area contributed by atoms with Crippen molar-refractivity contribution in [2.45, 2.75) is 95.3 Å². The number of carbonyl (C=O) groups excluding carboxylic acids is 2. The predicted octanol–water partition coefficient (Wildman–Crippen LogP) is 6.05. The second-order valence-corrected chi connectivity index (χ2v) is 11.7. The van der Waals surface area contributed by atoms with E-state index in [9.17, 15) is 31.5 Å². The summed E-state index contributed by atoms with van der Waals surface area (Å²) < 4.78 is 72.6. The fourth-order valence-corrected chi connectivity index (χ4v) is 5.52. The van der Waals surface area contributed by atoms with E-state index in [1.165, 1.54) is 16.9 Å². The number of rotatable bonds is 10. The number of aromatic nitrogens is 4. The molecule has 42 heavy (non-hydrogen) atoms. The van der Waals surface area contributed by atoms with Crippen molar-refractivity contribution < 1.29 is 36.1 Å². The largest absolute Gasteiger partial charge is 0.389 e. The fraction of sp³-hybridized carbons (Fsp3) is 0.607. The Morgan fingerprint density at radius 1 is 1.07 bits per heavy atom. The monoisotopic (exact) mass is 596 g/mol. The third-order valence-electron chi connectivity index (χ3n) is 7.97. The van der Waals surface area contributed by atoms with Gasteiger partial charge in [-0.25, -0.2) is 18.3 Å². The first-order valence-electron chi connectivity index (χ1n) is 14.1. The molecular weight excluding hydrogens is 563 g/mol. The summed E-state index contributed by atoms with van der Waals surface area (Å²) in [5.41, 5.74) is 1.69. The molecule has 0 unspecified atom stereocenters. The Hall–Kier alpha value is -3.58. The van der Waals surface area contributed by atoms with Gasteiger partial charge >= 0.3 is 6.18 Å². The minimum Gasteiger partial charge on any atom is -0.360 e. The topological polar surface area (TPSA) is 114 Å². The van der Waals surface area contributed by atoms with E-state index in [0.29, 0.717) is 22.7 Å². The zero-order chi connectivity index (χ0) is 30.2. The van der Waals surface area contributed by atoms with Crippen LogP contribution in [0.15, 0.2) is 29.2 Å². The van der Waals surface area contributed by atoms with Crippen LogP contribution in [0.3, 0.4) is 0 Å². The van der Waals surface area contributed by atoms with Gasteiger partial charge in [-0.05, 0) is 49.1 Å². The van der Waals surface area contributed by atoms with Crippen molar-refractivity contribution in [3.05, 3.63) is 47.2 Å². The number of carbonyl (C=O) groups is 2. The van der Waals surface area contributed by atoms with Crippen LogP contribution in [-0.2, 0) is 4.79 Å². The summed E-state index contributed by atoms with van der Waals surface area (Å²) in [6.07, 6.45) is -0.422. The molecule has 2 saturated carbocycles. The highest BCUT2D eigenvalue weighted by Crippen LogP contribution is 2.43. The van der Waals surface area contributed by atoms with Crippen molar-refractivity contribution in [3.63, 3.8) is 0 Å². The standard InChI is InChI=1S/C28H33F5N6O3/c1-15(2)25-19(13-35-42-25)26(41)38-24(17-5-8-27(29,30)9-6-17)20-14-39-21(36-20)11-18(12-34-39)23(16-3-4-16)37-22(40)7-10-28(31,32)33/h11-17,23-24H,3-10H2,1-2H3,(H,37,40)(H,38,41)/t23-,24+/m1/s1. The Labute approximate surface area is 238 Å². The number of halogens is 5. The molecule has 2 atom stereocenters. The van der Waals surface area contributed by atoms with Gasteiger partial charge in [0, 0.05) is 25.2 Å². The predicted molar refractivity (Wildman–Crippen MR) is 140 cm³/mol. The molecular formula is C28H33F5N6O3. The van der Waals surface area contributed by atoms with Gasteiger partial charge in [0.05, 0.1) is 42.8 Å². The molecule has 9 nitrogen and oxygen atoms in total. The molecule has 2 fully saturated rings. The number of nitrogens with one attached hydrogen (secondary N) is 2. The van der Waals surface area contributed by atoms with Crippen LogP contribution < -0.4 is 10.6 Å². The lowest BCUT2D eigenvalue weighted by molar-refractivity contribution is -0.144. The van der Waals surface area contributed by atoms with Gasteiger partial charge < -0.3 is 15.2 Å². The van der Waals surface area contributed by atoms with Crippen molar-refractivity contribution in [3.8, 4) is 0 Å². The highest BCUT2D eigenvalue weighted by Gasteiger charge is 2.40. The highest BCUT2D eigenvalue weighted by molar-refractivity contribution is 5.95. The van der Waals surface area contributed by atoms with Crippen LogP contribution in [0, 0.1) is 11.8 Å². The van der Waals surface area contributed by atoms with E-state index in [1.807, 2.05) is 13.8 Å². The Morgan fingerprint density at radius 2 is 1.76 bits per heavy atom. The average Bonchev–Trinajstić information content (AvgIpc) is 3.47. The number of hydrogen-bond acceptors (Lipinski definition) is 6. The molecule has 3 heterocycles. The maximum absolute atomic E-state index is 14.0. The van der Waals surface area contributed by atoms with Crippen LogP contribution in [0.25, 0.3) is 5.65 Å². The van der Waals surface area contributed by atoms with E-state index in [1.54, 1.807) is 12.3 Å². The van der Waals surface area contributed by atoms with Gasteiger partial charge in [0.1, 0.15) is 5.56 Å². The summed E-state index contributed by atoms with van der Waals surface area (Å²) in [4.78, 5) is 30.3. The molecule has 0 aliphatic heterocycles. The Balaban J connectivity index is 1.40. The van der Waals surface area contributed by atoms with Gasteiger partial charge in [0.2, 0.25) is 11.8 Å². The van der Waals surface area contributed by atoms with Crippen LogP contribution in [0.2, 0.25) is 0 Å². The van der Waals surface area contributed by atoms with Gasteiger partial charge in [0.15, 0.2) is 11.4 Å². The molecule has 2 N–H and O–H groups in total. The summed E-state index contributed by atoms with van der Waals surface area (Å²) in [7, 11) is 0. The molecule has 14 heteroatoms. The first-order valence-corrected chi connectivity index (χ1v) is 14.1. The lowest BCUT2D eigenvalue weighted by Crippen LogP contribution is -2.37. The van der Waals surface area contributed by atoms with E-state index >= 15 is 0 Å². The Kier molecular flexibility index (Phi) is 8.26. The normalized spacial score (nSPS) is 19.1. The molecule has 5 rings (SSSR count). The minimum atomic E-state index is -4.43. The first-order chi connectivity index (χ1) is 19.8. The summed E-state index contributed by atoms with van der Waals surface area (Å²) >= 11 is 0. The molecule has 0 spiro atoms. The van der Waals surface area contributed by atoms with Crippen molar-refractivity contribution in [2.24, 2.45) is 11.8 Å². The van der Waals surface area contributed by atoms with Crippen molar-refractivity contribution in [2.75, 3.05) is 0 Å². The van der Waals surface area contributed by atoms with Gasteiger partial charge in [-0.3, -0.25) is 9.59 Å². The number of imidazole rings is 1. The summed E-state index contributed by atoms with van der Waals surface area (Å²) in [6.45, 7) is 3.72. The molecule has 0 radical (unpaired) electrons. The van der Waals surface area contributed by atoms with Crippen molar-refractivity contribution in [1.82, 2.24) is 30.4 Å². The Morgan fingerprint density at radius 3 is 2.40 bits per heavy atom. The molecule has 0 aromatic carbocycles. The van der Waals surface area contributed by atoms with Crippen LogP contribution >= 0.6 is 0 Å². The number of amides is 2. The van der Waals surface area contributed by atoms with E-state index < -0.39 is 48.8 Å². The van der Waals surface area contributed by atoms with Gasteiger partial charge in [-0.1, -0.05) is 19.0 Å². The lowest BCUT2D eigenvalue weighted by Gasteiger charge is -2.33. The fourth-order valence-electron chi connectivity index (χ4n) is 5.52. The molecule has 2 amide bonds. The minimum absolute atomic E-state index is 0.0770. The van der Waals surface area contributed by atoms with Gasteiger partial charge in [-0.2, -0.15) is 18.3 Å². The molecule has 2 aliphatic carbocycles. The van der Waals surface area contributed by atoms with Crippen LogP contribution in [0.1, 0.15) is 111 Å². The summed E-state index contributed by atoms with van der Waals surface area (Å²) in [5.74, 6) is -3.84. The van der Waals surface area contributed by atoms with Crippen LogP contribution in [0.5, 0.6) is 0 Å². The SMILES string of the molecule is CC(C)c1oncc1C(=O)N[C@H](c1cn2ncc([C@H](NC(=O)CCC(F)(F)F)C3CC3)cc2n1)C1CCC(F)(F)CC1. The molecule has 0 bridgehead atoms. The molecule has 3 aromatic heterocycles. The zero-order valence-corrected chi connectivity index (χ0v) is 23.3. The molecule has 2 aliphatic rings. The molecule has 0 saturated heterocycles. The van der Waals surface area contributed by atoms with E-state index in [-0.39, 0.29) is 49.0 Å². The maximum atomic E-state index is 14.0. The van der Waals surface area contributed by atoms with Gasteiger partial charge in [0.25, 0.3) is 5.91 Å². The van der Waals surface area contributed by atoms with Crippen LogP contribution in [0.4, 0.5) is 22.0 Å². The van der Waals surface area contributed by atoms with E-state index in [4.69, 9.17) is 4.52 Å². The average molecular weight is 597 g/mol. The number of nitrogens with zero attached hydrogens (tertiary/aromatic N) is 4. The van der Waals surface area contributed by atoms with E-state index in [2.05, 4.69) is 25.9 Å². The maximum Gasteiger partial charge on any atom is 0.389 e. The third kappa shape index (κ3) is 7.06. The number of alkyl halides is 5. The second kappa shape index (κ2) is 11.6. The van der Waals surface area contributed by atoms with E-state index in [0.717, 1.165) is 12.8 Å². The molecule has 228 valence electrons. The third-order valence-corrected chi connectivity index (χ3v) is 7.97.